The number of nitrogens with two attached hydrogens (primary N) is 1. The van der Waals surface area contributed by atoms with Crippen LogP contribution in [0.3, 0.4) is 0 Å². The highest BCUT2D eigenvalue weighted by atomic mass is 14.7. The van der Waals surface area contributed by atoms with E-state index in [1.165, 1.54) is 5.56 Å². The van der Waals surface area contributed by atoms with E-state index in [-0.39, 0.29) is 5.41 Å². The lowest BCUT2D eigenvalue weighted by Gasteiger charge is -2.21. The molecular weight excluding hydrogens is 244 g/mol. The minimum atomic E-state index is -0.215. The van der Waals surface area contributed by atoms with Gasteiger partial charge in [-0.15, -0.1) is 0 Å². The number of nitrogens with one attached hydrogen (secondary N) is 1. The number of benzene rings is 2. The molecular formula is C18H18N2. The molecule has 0 unspecified atom stereocenters. The molecule has 2 nitrogen and oxygen atoms in total. The molecule has 3 N–H and O–H groups in total. The van der Waals surface area contributed by atoms with E-state index < -0.39 is 0 Å². The molecule has 0 amide bonds. The van der Waals surface area contributed by atoms with Gasteiger partial charge in [0.15, 0.2) is 0 Å². The second-order valence-electron chi connectivity index (χ2n) is 5.70. The number of allylic oxidation sites excluding steroid dienone is 2. The molecule has 0 bridgehead atoms. The van der Waals surface area contributed by atoms with Crippen LogP contribution in [0, 0.1) is 5.41 Å². The van der Waals surface area contributed by atoms with Gasteiger partial charge in [-0.2, -0.15) is 0 Å². The molecule has 0 heterocycles. The smallest absolute Gasteiger partial charge is 0.0708 e. The first-order valence-corrected chi connectivity index (χ1v) is 6.78. The van der Waals surface area contributed by atoms with Crippen molar-refractivity contribution < 1.29 is 0 Å². The van der Waals surface area contributed by atoms with Crippen LogP contribution in [0.15, 0.2) is 60.3 Å². The first-order valence-electron chi connectivity index (χ1n) is 6.78. The molecule has 0 aromatic heterocycles. The number of rotatable bonds is 2. The van der Waals surface area contributed by atoms with E-state index in [1.807, 2.05) is 42.5 Å². The lowest BCUT2D eigenvalue weighted by molar-refractivity contribution is 0.631. The van der Waals surface area contributed by atoms with Crippen LogP contribution in [0.4, 0.5) is 0 Å². The van der Waals surface area contributed by atoms with Crippen molar-refractivity contribution in [1.29, 1.82) is 5.41 Å². The van der Waals surface area contributed by atoms with Crippen LogP contribution in [0.25, 0.3) is 5.57 Å². The highest BCUT2D eigenvalue weighted by Gasteiger charge is 2.37. The largest absolute Gasteiger partial charge is 0.401 e. The third-order valence-electron chi connectivity index (χ3n) is 4.12. The zero-order chi connectivity index (χ0) is 14.3. The second kappa shape index (κ2) is 4.34. The molecule has 0 saturated heterocycles. The highest BCUT2D eigenvalue weighted by Crippen LogP contribution is 2.44. The number of fused-ring (bicyclic) bond motifs is 1. The average molecular weight is 262 g/mol. The van der Waals surface area contributed by atoms with Gasteiger partial charge < -0.3 is 5.73 Å². The normalized spacial score (nSPS) is 16.1. The SMILES string of the molecule is CC1(C)C(N)=C(C(=N)c2ccccc2)c2ccccc21. The molecule has 2 aromatic rings. The van der Waals surface area contributed by atoms with Gasteiger partial charge in [-0.3, -0.25) is 5.41 Å². The van der Waals surface area contributed by atoms with E-state index in [0.717, 1.165) is 22.4 Å². The summed E-state index contributed by atoms with van der Waals surface area (Å²) in [6.07, 6.45) is 0. The van der Waals surface area contributed by atoms with E-state index in [2.05, 4.69) is 26.0 Å². The molecule has 0 fully saturated rings. The Morgan fingerprint density at radius 2 is 1.55 bits per heavy atom. The Morgan fingerprint density at radius 3 is 2.25 bits per heavy atom. The minimum absolute atomic E-state index is 0.215. The fourth-order valence-electron chi connectivity index (χ4n) is 2.87. The summed E-state index contributed by atoms with van der Waals surface area (Å²) in [7, 11) is 0. The van der Waals surface area contributed by atoms with Crippen LogP contribution in [0.5, 0.6) is 0 Å². The van der Waals surface area contributed by atoms with Gasteiger partial charge in [-0.25, -0.2) is 0 Å². The standard InChI is InChI=1S/C18H18N2/c1-18(2)14-11-7-6-10-13(14)15(17(18)20)16(19)12-8-4-3-5-9-12/h3-11,19H,20H2,1-2H3. The molecule has 20 heavy (non-hydrogen) atoms. The molecule has 3 rings (SSSR count). The Labute approximate surface area is 119 Å². The fraction of sp³-hybridized carbons (Fsp3) is 0.167. The van der Waals surface area contributed by atoms with Crippen LogP contribution in [-0.4, -0.2) is 5.71 Å². The van der Waals surface area contributed by atoms with Gasteiger partial charge in [0.25, 0.3) is 0 Å². The summed E-state index contributed by atoms with van der Waals surface area (Å²) in [4.78, 5) is 0. The van der Waals surface area contributed by atoms with Crippen molar-refractivity contribution in [2.45, 2.75) is 19.3 Å². The van der Waals surface area contributed by atoms with Gasteiger partial charge in [0.1, 0.15) is 0 Å². The van der Waals surface area contributed by atoms with E-state index in [1.54, 1.807) is 0 Å². The van der Waals surface area contributed by atoms with Crippen molar-refractivity contribution in [3.8, 4) is 0 Å². The molecule has 0 aliphatic heterocycles. The zero-order valence-corrected chi connectivity index (χ0v) is 11.8. The summed E-state index contributed by atoms with van der Waals surface area (Å²) >= 11 is 0. The van der Waals surface area contributed by atoms with Crippen LogP contribution >= 0.6 is 0 Å². The van der Waals surface area contributed by atoms with Gasteiger partial charge in [0.05, 0.1) is 5.71 Å². The zero-order valence-electron chi connectivity index (χ0n) is 11.8. The number of hydrogen-bond acceptors (Lipinski definition) is 2. The first-order chi connectivity index (χ1) is 9.53. The van der Waals surface area contributed by atoms with Crippen LogP contribution < -0.4 is 5.73 Å². The molecule has 2 aromatic carbocycles. The maximum atomic E-state index is 8.53. The van der Waals surface area contributed by atoms with Gasteiger partial charge in [0, 0.05) is 22.2 Å². The molecule has 0 atom stereocenters. The van der Waals surface area contributed by atoms with E-state index in [0.29, 0.717) is 5.71 Å². The van der Waals surface area contributed by atoms with Crippen LogP contribution in [0.1, 0.15) is 30.5 Å². The monoisotopic (exact) mass is 262 g/mol. The second-order valence-corrected chi connectivity index (χ2v) is 5.70. The molecule has 1 aliphatic rings. The predicted molar refractivity (Wildman–Crippen MR) is 83.8 cm³/mol. The molecule has 0 radical (unpaired) electrons. The van der Waals surface area contributed by atoms with Crippen molar-refractivity contribution in [1.82, 2.24) is 0 Å². The Hall–Kier alpha value is -2.35. The molecule has 0 saturated carbocycles. The van der Waals surface area contributed by atoms with E-state index >= 15 is 0 Å². The topological polar surface area (TPSA) is 49.9 Å². The Kier molecular flexibility index (Phi) is 2.75. The third kappa shape index (κ3) is 1.68. The lowest BCUT2D eigenvalue weighted by Crippen LogP contribution is -2.23. The van der Waals surface area contributed by atoms with Crippen molar-refractivity contribution in [3.63, 3.8) is 0 Å². The van der Waals surface area contributed by atoms with Crippen molar-refractivity contribution in [2.75, 3.05) is 0 Å². The summed E-state index contributed by atoms with van der Waals surface area (Å²) in [5.41, 5.74) is 11.5. The first kappa shape index (κ1) is 12.7. The van der Waals surface area contributed by atoms with Crippen molar-refractivity contribution in [3.05, 3.63) is 77.0 Å². The minimum Gasteiger partial charge on any atom is -0.401 e. The summed E-state index contributed by atoms with van der Waals surface area (Å²) < 4.78 is 0. The molecule has 2 heteroatoms. The summed E-state index contributed by atoms with van der Waals surface area (Å²) in [5.74, 6) is 0. The third-order valence-corrected chi connectivity index (χ3v) is 4.12. The van der Waals surface area contributed by atoms with Crippen LogP contribution in [0.2, 0.25) is 0 Å². The van der Waals surface area contributed by atoms with Gasteiger partial charge in [0.2, 0.25) is 0 Å². The van der Waals surface area contributed by atoms with E-state index in [4.69, 9.17) is 11.1 Å². The Bertz CT molecular complexity index is 709. The van der Waals surface area contributed by atoms with Crippen LogP contribution in [-0.2, 0) is 5.41 Å². The average Bonchev–Trinajstić information content (AvgIpc) is 2.67. The predicted octanol–water partition coefficient (Wildman–Crippen LogP) is 3.72. The van der Waals surface area contributed by atoms with Gasteiger partial charge in [-0.05, 0) is 11.1 Å². The fourth-order valence-corrected chi connectivity index (χ4v) is 2.87. The van der Waals surface area contributed by atoms with Gasteiger partial charge in [-0.1, -0.05) is 68.4 Å². The quantitative estimate of drug-likeness (QED) is 0.796. The molecule has 1 aliphatic carbocycles. The lowest BCUT2D eigenvalue weighted by atomic mass is 9.85. The Morgan fingerprint density at radius 1 is 0.950 bits per heavy atom. The Balaban J connectivity index is 2.19. The molecule has 100 valence electrons. The maximum Gasteiger partial charge on any atom is 0.0708 e. The summed E-state index contributed by atoms with van der Waals surface area (Å²) in [5, 5.41) is 8.53. The van der Waals surface area contributed by atoms with Crippen molar-refractivity contribution in [2.24, 2.45) is 5.73 Å². The highest BCUT2D eigenvalue weighted by molar-refractivity contribution is 6.32. The number of hydrogen-bond donors (Lipinski definition) is 2. The molecule has 0 spiro atoms. The van der Waals surface area contributed by atoms with Crippen molar-refractivity contribution >= 4 is 11.3 Å². The summed E-state index contributed by atoms with van der Waals surface area (Å²) in [6, 6.07) is 18.0. The van der Waals surface area contributed by atoms with Gasteiger partial charge >= 0.3 is 0 Å². The maximum absolute atomic E-state index is 8.53. The summed E-state index contributed by atoms with van der Waals surface area (Å²) in [6.45, 7) is 4.24. The van der Waals surface area contributed by atoms with E-state index in [9.17, 15) is 0 Å².